The Labute approximate surface area is 152 Å². The van der Waals surface area contributed by atoms with Crippen LogP contribution in [-0.2, 0) is 11.3 Å². The molecule has 0 spiro atoms. The van der Waals surface area contributed by atoms with Crippen molar-refractivity contribution in [2.75, 3.05) is 44.8 Å². The summed E-state index contributed by atoms with van der Waals surface area (Å²) < 4.78 is 16.4. The lowest BCUT2D eigenvalue weighted by Crippen LogP contribution is -2.35. The Morgan fingerprint density at radius 2 is 1.65 bits per heavy atom. The Hall–Kier alpha value is -2.57. The van der Waals surface area contributed by atoms with Crippen LogP contribution in [0.3, 0.4) is 0 Å². The predicted molar refractivity (Wildman–Crippen MR) is 97.9 cm³/mol. The number of morpholine rings is 1. The van der Waals surface area contributed by atoms with Crippen LogP contribution >= 0.6 is 0 Å². The molecular formula is C20H22N2O4. The fourth-order valence-corrected chi connectivity index (χ4v) is 3.10. The maximum absolute atomic E-state index is 12.5. The van der Waals surface area contributed by atoms with Gasteiger partial charge in [-0.25, -0.2) is 0 Å². The average molecular weight is 354 g/mol. The molecule has 2 aromatic rings. The van der Waals surface area contributed by atoms with E-state index in [-0.39, 0.29) is 5.91 Å². The standard InChI is InChI=1S/C20H22N2O4/c23-20(16-3-6-18-19(13-16)26-12-11-25-18)21-17-4-1-15(2-5-17)14-22-7-9-24-10-8-22/h1-6,13H,7-12,14H2,(H,21,23). The number of nitrogens with zero attached hydrogens (tertiary/aromatic N) is 1. The molecule has 4 rings (SSSR count). The lowest BCUT2D eigenvalue weighted by molar-refractivity contribution is 0.0342. The van der Waals surface area contributed by atoms with Gasteiger partial charge in [-0.15, -0.1) is 0 Å². The summed E-state index contributed by atoms with van der Waals surface area (Å²) in [5.41, 5.74) is 2.55. The van der Waals surface area contributed by atoms with Crippen molar-refractivity contribution in [3.8, 4) is 11.5 Å². The second-order valence-corrected chi connectivity index (χ2v) is 6.40. The van der Waals surface area contributed by atoms with Crippen molar-refractivity contribution in [3.05, 3.63) is 53.6 Å². The van der Waals surface area contributed by atoms with Crippen molar-refractivity contribution in [2.45, 2.75) is 6.54 Å². The van der Waals surface area contributed by atoms with Gasteiger partial charge in [0.15, 0.2) is 11.5 Å². The fraction of sp³-hybridized carbons (Fsp3) is 0.350. The van der Waals surface area contributed by atoms with Crippen LogP contribution in [0.1, 0.15) is 15.9 Å². The highest BCUT2D eigenvalue weighted by molar-refractivity contribution is 6.04. The average Bonchev–Trinajstić information content (AvgIpc) is 2.70. The number of benzene rings is 2. The van der Waals surface area contributed by atoms with Crippen LogP contribution in [0.2, 0.25) is 0 Å². The van der Waals surface area contributed by atoms with Crippen LogP contribution in [0.25, 0.3) is 0 Å². The minimum atomic E-state index is -0.164. The third kappa shape index (κ3) is 3.98. The molecule has 26 heavy (non-hydrogen) atoms. The highest BCUT2D eigenvalue weighted by Crippen LogP contribution is 2.31. The number of ether oxygens (including phenoxy) is 3. The predicted octanol–water partition coefficient (Wildman–Crippen LogP) is 2.54. The van der Waals surface area contributed by atoms with Gasteiger partial charge >= 0.3 is 0 Å². The van der Waals surface area contributed by atoms with E-state index in [4.69, 9.17) is 14.2 Å². The Kier molecular flexibility index (Phi) is 5.04. The lowest BCUT2D eigenvalue weighted by atomic mass is 10.1. The SMILES string of the molecule is O=C(Nc1ccc(CN2CCOCC2)cc1)c1ccc2c(c1)OCCO2. The summed E-state index contributed by atoms with van der Waals surface area (Å²) in [5, 5.41) is 2.93. The number of fused-ring (bicyclic) bond motifs is 1. The van der Waals surface area contributed by atoms with Crippen LogP contribution in [0, 0.1) is 0 Å². The fourth-order valence-electron chi connectivity index (χ4n) is 3.10. The summed E-state index contributed by atoms with van der Waals surface area (Å²) >= 11 is 0. The lowest BCUT2D eigenvalue weighted by Gasteiger charge is -2.26. The summed E-state index contributed by atoms with van der Waals surface area (Å²) in [6.45, 7) is 5.45. The van der Waals surface area contributed by atoms with Crippen molar-refractivity contribution in [1.82, 2.24) is 4.90 Å². The zero-order valence-corrected chi connectivity index (χ0v) is 14.6. The zero-order chi connectivity index (χ0) is 17.8. The van der Waals surface area contributed by atoms with E-state index < -0.39 is 0 Å². The molecule has 2 aliphatic rings. The number of nitrogens with one attached hydrogen (secondary N) is 1. The van der Waals surface area contributed by atoms with Crippen LogP contribution < -0.4 is 14.8 Å². The molecule has 1 fully saturated rings. The third-order valence-corrected chi connectivity index (χ3v) is 4.53. The Morgan fingerprint density at radius 1 is 0.923 bits per heavy atom. The molecule has 2 aromatic carbocycles. The second kappa shape index (κ2) is 7.76. The van der Waals surface area contributed by atoms with Crippen molar-refractivity contribution in [2.24, 2.45) is 0 Å². The molecule has 2 aliphatic heterocycles. The molecule has 1 N–H and O–H groups in total. The molecule has 6 nitrogen and oxygen atoms in total. The van der Waals surface area contributed by atoms with Gasteiger partial charge in [0, 0.05) is 30.9 Å². The number of hydrogen-bond acceptors (Lipinski definition) is 5. The molecule has 0 bridgehead atoms. The molecule has 6 heteroatoms. The van der Waals surface area contributed by atoms with Gasteiger partial charge < -0.3 is 19.5 Å². The van der Waals surface area contributed by atoms with Gasteiger partial charge in [-0.3, -0.25) is 9.69 Å². The minimum absolute atomic E-state index is 0.164. The number of carbonyl (C=O) groups is 1. The molecule has 1 amide bonds. The number of anilines is 1. The number of hydrogen-bond donors (Lipinski definition) is 1. The maximum atomic E-state index is 12.5. The number of carbonyl (C=O) groups excluding carboxylic acids is 1. The highest BCUT2D eigenvalue weighted by atomic mass is 16.6. The topological polar surface area (TPSA) is 60.0 Å². The molecule has 0 atom stereocenters. The molecule has 1 saturated heterocycles. The van der Waals surface area contributed by atoms with Gasteiger partial charge in [0.2, 0.25) is 0 Å². The third-order valence-electron chi connectivity index (χ3n) is 4.53. The van der Waals surface area contributed by atoms with Crippen LogP contribution in [0.4, 0.5) is 5.69 Å². The monoisotopic (exact) mass is 354 g/mol. The van der Waals surface area contributed by atoms with Crippen molar-refractivity contribution < 1.29 is 19.0 Å². The van der Waals surface area contributed by atoms with Gasteiger partial charge in [0.05, 0.1) is 13.2 Å². The smallest absolute Gasteiger partial charge is 0.255 e. The summed E-state index contributed by atoms with van der Waals surface area (Å²) in [6.07, 6.45) is 0. The highest BCUT2D eigenvalue weighted by Gasteiger charge is 2.15. The molecular weight excluding hydrogens is 332 g/mol. The molecule has 0 aromatic heterocycles. The summed E-state index contributed by atoms with van der Waals surface area (Å²) in [4.78, 5) is 14.8. The quantitative estimate of drug-likeness (QED) is 0.914. The maximum Gasteiger partial charge on any atom is 0.255 e. The van der Waals surface area contributed by atoms with Crippen molar-refractivity contribution in [1.29, 1.82) is 0 Å². The summed E-state index contributed by atoms with van der Waals surface area (Å²) in [6, 6.07) is 13.2. The first-order valence-electron chi connectivity index (χ1n) is 8.88. The first-order valence-corrected chi connectivity index (χ1v) is 8.88. The van der Waals surface area contributed by atoms with Gasteiger partial charge in [-0.2, -0.15) is 0 Å². The van der Waals surface area contributed by atoms with E-state index in [1.165, 1.54) is 5.56 Å². The van der Waals surface area contributed by atoms with Crippen LogP contribution in [-0.4, -0.2) is 50.3 Å². The van der Waals surface area contributed by atoms with Crippen LogP contribution in [0.15, 0.2) is 42.5 Å². The number of rotatable bonds is 4. The second-order valence-electron chi connectivity index (χ2n) is 6.40. The molecule has 136 valence electrons. The molecule has 0 radical (unpaired) electrons. The van der Waals surface area contributed by atoms with Crippen LogP contribution in [0.5, 0.6) is 11.5 Å². The van der Waals surface area contributed by atoms with E-state index >= 15 is 0 Å². The van der Waals surface area contributed by atoms with E-state index in [0.717, 1.165) is 38.5 Å². The zero-order valence-electron chi connectivity index (χ0n) is 14.6. The summed E-state index contributed by atoms with van der Waals surface area (Å²) in [7, 11) is 0. The molecule has 2 heterocycles. The number of amides is 1. The molecule has 0 aliphatic carbocycles. The van der Waals surface area contributed by atoms with E-state index in [9.17, 15) is 4.79 Å². The normalized spacial score (nSPS) is 16.9. The largest absolute Gasteiger partial charge is 0.486 e. The molecule has 0 saturated carbocycles. The van der Waals surface area contributed by atoms with Gasteiger partial charge in [-0.1, -0.05) is 12.1 Å². The van der Waals surface area contributed by atoms with E-state index in [1.807, 2.05) is 12.1 Å². The van der Waals surface area contributed by atoms with Crippen molar-refractivity contribution in [3.63, 3.8) is 0 Å². The van der Waals surface area contributed by atoms with E-state index in [2.05, 4.69) is 22.3 Å². The van der Waals surface area contributed by atoms with Gasteiger partial charge in [0.25, 0.3) is 5.91 Å². The van der Waals surface area contributed by atoms with E-state index in [0.29, 0.717) is 30.3 Å². The molecule has 0 unspecified atom stereocenters. The van der Waals surface area contributed by atoms with Crippen molar-refractivity contribution >= 4 is 11.6 Å². The first-order chi connectivity index (χ1) is 12.8. The Morgan fingerprint density at radius 3 is 2.42 bits per heavy atom. The van der Waals surface area contributed by atoms with Gasteiger partial charge in [-0.05, 0) is 35.9 Å². The minimum Gasteiger partial charge on any atom is -0.486 e. The Balaban J connectivity index is 1.38. The van der Waals surface area contributed by atoms with E-state index in [1.54, 1.807) is 18.2 Å². The van der Waals surface area contributed by atoms with Gasteiger partial charge in [0.1, 0.15) is 13.2 Å². The Bertz CT molecular complexity index is 770. The summed E-state index contributed by atoms with van der Waals surface area (Å²) in [5.74, 6) is 1.13. The first kappa shape index (κ1) is 16.9.